The molecule has 1 radical (unpaired) electrons. The zero-order chi connectivity index (χ0) is 31.9. The number of aromatic nitrogens is 2. The first-order valence-electron chi connectivity index (χ1n) is 15.1. The van der Waals surface area contributed by atoms with Crippen LogP contribution in [-0.2, 0) is 25.5 Å². The maximum absolute atomic E-state index is 14.2. The van der Waals surface area contributed by atoms with E-state index in [2.05, 4.69) is 45.4 Å². The number of rotatable bonds is 4. The first kappa shape index (κ1) is 32.3. The third-order valence-electron chi connectivity index (χ3n) is 7.49. The quantitative estimate of drug-likeness (QED) is 0.131. The average molecular weight is 825 g/mol. The molecule has 0 aliphatic rings. The molecule has 6 aromatic rings. The van der Waals surface area contributed by atoms with Gasteiger partial charge in [-0.25, -0.2) is 4.39 Å². The Balaban J connectivity index is 0.000000204. The second-order valence-corrected chi connectivity index (χ2v) is 23.7. The van der Waals surface area contributed by atoms with Crippen LogP contribution in [0.4, 0.5) is 4.39 Å². The van der Waals surface area contributed by atoms with Crippen molar-refractivity contribution in [1.82, 2.24) is 9.97 Å². The van der Waals surface area contributed by atoms with Gasteiger partial charge in [0.05, 0.1) is 11.8 Å². The minimum atomic E-state index is -2.03. The summed E-state index contributed by atoms with van der Waals surface area (Å²) < 4.78 is 30.0. The van der Waals surface area contributed by atoms with Crippen molar-refractivity contribution < 1.29 is 30.3 Å². The summed E-state index contributed by atoms with van der Waals surface area (Å²) in [5.74, 6) is 6.16. The summed E-state index contributed by atoms with van der Waals surface area (Å²) >= 11 is -2.03. The van der Waals surface area contributed by atoms with Gasteiger partial charge in [0.25, 0.3) is 0 Å². The SMILES string of the molecule is CC(C)(C)c1cc(-c2[c-]ccc3c2oc2ccccc23)ncc1F.[2H]C(C)(C)c1cc(-c2[c-]cccc2)nc[c]1[Ge]([CH3])([CH3])[CH3].[Ir]. The zero-order valence-corrected chi connectivity index (χ0v) is 31.1. The molecule has 44 heavy (non-hydrogen) atoms. The molecule has 0 N–H and O–H groups in total. The van der Waals surface area contributed by atoms with Crippen molar-refractivity contribution in [1.29, 1.82) is 0 Å². The Morgan fingerprint density at radius 3 is 2.23 bits per heavy atom. The molecule has 3 heterocycles. The molecule has 0 saturated heterocycles. The normalized spacial score (nSPS) is 12.3. The number of hydrogen-bond acceptors (Lipinski definition) is 3. The van der Waals surface area contributed by atoms with Crippen molar-refractivity contribution in [2.45, 2.75) is 63.2 Å². The largest absolute Gasteiger partial charge is 0 e. The molecule has 0 aliphatic heterocycles. The smallest absolute Gasteiger partial charge is 0 e. The van der Waals surface area contributed by atoms with E-state index in [0.29, 0.717) is 11.3 Å². The summed E-state index contributed by atoms with van der Waals surface area (Å²) in [6, 6.07) is 29.9. The van der Waals surface area contributed by atoms with E-state index in [-0.39, 0.29) is 31.3 Å². The Labute approximate surface area is 278 Å². The van der Waals surface area contributed by atoms with Crippen molar-refractivity contribution in [2.24, 2.45) is 0 Å². The molecule has 0 fully saturated rings. The van der Waals surface area contributed by atoms with Crippen LogP contribution in [0.2, 0.25) is 17.3 Å². The van der Waals surface area contributed by atoms with E-state index in [1.807, 2.05) is 101 Å². The van der Waals surface area contributed by atoms with Gasteiger partial charge in [-0.05, 0) is 22.7 Å². The first-order chi connectivity index (χ1) is 20.6. The van der Waals surface area contributed by atoms with Crippen LogP contribution in [0.5, 0.6) is 0 Å². The second-order valence-electron chi connectivity index (χ2n) is 13.1. The number of furan rings is 1. The predicted octanol–water partition coefficient (Wildman–Crippen LogP) is 10.1. The van der Waals surface area contributed by atoms with Gasteiger partial charge < -0.3 is 9.40 Å². The average Bonchev–Trinajstić information content (AvgIpc) is 3.35. The van der Waals surface area contributed by atoms with E-state index in [4.69, 9.17) is 5.79 Å². The van der Waals surface area contributed by atoms with Gasteiger partial charge in [0.2, 0.25) is 0 Å². The number of hydrogen-bond donors (Lipinski definition) is 0. The fourth-order valence-corrected chi connectivity index (χ4v) is 8.52. The zero-order valence-electron chi connectivity index (χ0n) is 27.6. The molecule has 6 rings (SSSR count). The molecular formula is C38H39FGeIrN2O-2. The molecule has 0 unspecified atom stereocenters. The van der Waals surface area contributed by atoms with Gasteiger partial charge in [0.15, 0.2) is 0 Å². The van der Waals surface area contributed by atoms with Crippen LogP contribution < -0.4 is 4.40 Å². The summed E-state index contributed by atoms with van der Waals surface area (Å²) in [5, 5.41) is 2.07. The molecule has 0 aliphatic carbocycles. The molecule has 0 atom stereocenters. The monoisotopic (exact) mass is 826 g/mol. The van der Waals surface area contributed by atoms with Crippen LogP contribution in [0, 0.1) is 17.9 Å². The van der Waals surface area contributed by atoms with Crippen molar-refractivity contribution in [3.05, 3.63) is 114 Å². The Morgan fingerprint density at radius 1 is 0.864 bits per heavy atom. The van der Waals surface area contributed by atoms with Crippen LogP contribution in [0.1, 0.15) is 53.0 Å². The van der Waals surface area contributed by atoms with Crippen molar-refractivity contribution in [3.63, 3.8) is 0 Å². The van der Waals surface area contributed by atoms with Gasteiger partial charge >= 0.3 is 120 Å². The van der Waals surface area contributed by atoms with Gasteiger partial charge in [0.1, 0.15) is 11.4 Å². The van der Waals surface area contributed by atoms with Crippen LogP contribution >= 0.6 is 0 Å². The molecule has 0 saturated carbocycles. The van der Waals surface area contributed by atoms with Crippen LogP contribution in [0.25, 0.3) is 44.5 Å². The molecule has 3 aromatic carbocycles. The van der Waals surface area contributed by atoms with Gasteiger partial charge in [0, 0.05) is 25.5 Å². The van der Waals surface area contributed by atoms with Gasteiger partial charge in [-0.2, -0.15) is 0 Å². The van der Waals surface area contributed by atoms with Crippen LogP contribution in [-0.4, -0.2) is 23.2 Å². The Hall–Kier alpha value is -3.12. The van der Waals surface area contributed by atoms with Crippen molar-refractivity contribution in [3.8, 4) is 22.5 Å². The van der Waals surface area contributed by atoms with Gasteiger partial charge in [-0.1, -0.05) is 56.0 Å². The number of halogens is 1. The summed E-state index contributed by atoms with van der Waals surface area (Å²) in [6.45, 7) is 9.87. The summed E-state index contributed by atoms with van der Waals surface area (Å²) in [7, 11) is 0. The Bertz CT molecular complexity index is 1940. The number of para-hydroxylation sites is 1. The van der Waals surface area contributed by atoms with Crippen molar-refractivity contribution >= 4 is 39.6 Å². The third-order valence-corrected chi connectivity index (χ3v) is 11.7. The van der Waals surface area contributed by atoms with E-state index in [9.17, 15) is 4.39 Å². The third kappa shape index (κ3) is 7.22. The van der Waals surface area contributed by atoms with Crippen LogP contribution in [0.3, 0.4) is 0 Å². The molecular weight excluding hydrogens is 784 g/mol. The van der Waals surface area contributed by atoms with E-state index in [1.54, 1.807) is 6.07 Å². The Morgan fingerprint density at radius 2 is 1.57 bits per heavy atom. The molecule has 229 valence electrons. The van der Waals surface area contributed by atoms with E-state index >= 15 is 0 Å². The standard InChI is InChI=1S/C21H17FNO.C17H22GeN.Ir/c1-21(2,3)16-11-18(23-12-17(16)22)15-9-6-8-14-13-7-4-5-10-19(13)24-20(14)15;1-13(2)15-11-17(14-9-7-6-8-10-14)19-12-16(15)18(3,4)5;/h4-8,10-12H,1-3H3;6-9,11-13H,1-5H3;/q2*-1;/i;13D;. The van der Waals surface area contributed by atoms with Gasteiger partial charge in [-0.15, -0.1) is 18.2 Å². The summed E-state index contributed by atoms with van der Waals surface area (Å²) in [6.07, 6.45) is 3.28. The molecule has 0 spiro atoms. The number of benzene rings is 3. The van der Waals surface area contributed by atoms with E-state index < -0.39 is 19.2 Å². The second kappa shape index (κ2) is 13.5. The molecule has 6 heteroatoms. The number of pyridine rings is 2. The van der Waals surface area contributed by atoms with Gasteiger partial charge in [-0.3, -0.25) is 0 Å². The minimum Gasteiger partial charge on any atom is 0 e. The summed E-state index contributed by atoms with van der Waals surface area (Å²) in [4.78, 5) is 8.90. The molecule has 0 bridgehead atoms. The molecule has 0 amide bonds. The molecule has 3 aromatic heterocycles. The maximum atomic E-state index is 14.2. The topological polar surface area (TPSA) is 38.9 Å². The predicted molar refractivity (Wildman–Crippen MR) is 180 cm³/mol. The number of fused-ring (bicyclic) bond motifs is 3. The fourth-order valence-electron chi connectivity index (χ4n) is 5.20. The van der Waals surface area contributed by atoms with Crippen LogP contribution in [0.15, 0.2) is 89.6 Å². The van der Waals surface area contributed by atoms with E-state index in [1.165, 1.54) is 10.6 Å². The Kier molecular flexibility index (Phi) is 9.89. The first-order valence-corrected chi connectivity index (χ1v) is 22.0. The minimum absolute atomic E-state index is 0. The van der Waals surface area contributed by atoms with E-state index in [0.717, 1.165) is 44.3 Å². The maximum Gasteiger partial charge on any atom is 0 e. The molecule has 3 nitrogen and oxygen atoms in total. The summed E-state index contributed by atoms with van der Waals surface area (Å²) in [5.41, 5.74) is 6.34. The fraction of sp³-hybridized carbons (Fsp3) is 0.263. The van der Waals surface area contributed by atoms with Crippen molar-refractivity contribution in [2.75, 3.05) is 0 Å². The number of nitrogens with zero attached hydrogens (tertiary/aromatic N) is 2.